The Balaban J connectivity index is 2.95. The number of nitrogens with one attached hydrogen (secondary N) is 1. The second-order valence-corrected chi connectivity index (χ2v) is 5.78. The molecule has 1 unspecified atom stereocenters. The first-order valence-corrected chi connectivity index (χ1v) is 6.62. The number of rotatable bonds is 4. The smallest absolute Gasteiger partial charge is 0.382 e. The molecule has 5 heteroatoms. The van der Waals surface area contributed by atoms with E-state index in [0.29, 0.717) is 10.4 Å². The van der Waals surface area contributed by atoms with Crippen LogP contribution in [0.15, 0.2) is 22.7 Å². The maximum atomic E-state index is 12.9. The molecule has 1 N–H and O–H groups in total. The first-order chi connectivity index (χ1) is 8.20. The molecule has 0 aromatic heterocycles. The van der Waals surface area contributed by atoms with Crippen LogP contribution in [0.2, 0.25) is 0 Å². The van der Waals surface area contributed by atoms with E-state index in [2.05, 4.69) is 21.2 Å². The van der Waals surface area contributed by atoms with Crippen molar-refractivity contribution in [1.29, 1.82) is 0 Å². The molecule has 0 spiro atoms. The lowest BCUT2D eigenvalue weighted by atomic mass is 10.0. The van der Waals surface area contributed by atoms with E-state index in [1.807, 2.05) is 20.8 Å². The van der Waals surface area contributed by atoms with Crippen molar-refractivity contribution in [2.24, 2.45) is 5.92 Å². The van der Waals surface area contributed by atoms with Crippen LogP contribution in [0.1, 0.15) is 32.8 Å². The lowest BCUT2D eigenvalue weighted by Crippen LogP contribution is -2.20. The van der Waals surface area contributed by atoms with Crippen molar-refractivity contribution in [3.63, 3.8) is 0 Å². The van der Waals surface area contributed by atoms with Crippen molar-refractivity contribution in [3.05, 3.63) is 28.2 Å². The Morgan fingerprint density at radius 3 is 2.33 bits per heavy atom. The Morgan fingerprint density at radius 1 is 1.22 bits per heavy atom. The van der Waals surface area contributed by atoms with Crippen molar-refractivity contribution >= 4 is 21.6 Å². The van der Waals surface area contributed by atoms with E-state index in [9.17, 15) is 13.2 Å². The number of alkyl halides is 3. The standard InChI is InChI=1S/C13H17BrF3N/c1-8(2)6-9(3)18-12-5-4-10(14)7-11(12)13(15,16)17/h4-5,7-9,18H,6H2,1-3H3. The van der Waals surface area contributed by atoms with E-state index < -0.39 is 11.7 Å². The molecule has 102 valence electrons. The Kier molecular flexibility index (Phi) is 5.08. The fourth-order valence-corrected chi connectivity index (χ4v) is 2.27. The molecular formula is C13H17BrF3N. The van der Waals surface area contributed by atoms with E-state index in [0.717, 1.165) is 12.5 Å². The summed E-state index contributed by atoms with van der Waals surface area (Å²) in [5.74, 6) is 0.442. The van der Waals surface area contributed by atoms with E-state index in [1.165, 1.54) is 6.07 Å². The highest BCUT2D eigenvalue weighted by molar-refractivity contribution is 9.10. The SMILES string of the molecule is CC(C)CC(C)Nc1ccc(Br)cc1C(F)(F)F. The van der Waals surface area contributed by atoms with Gasteiger partial charge in [-0.25, -0.2) is 0 Å². The monoisotopic (exact) mass is 323 g/mol. The van der Waals surface area contributed by atoms with E-state index in [-0.39, 0.29) is 11.7 Å². The molecule has 18 heavy (non-hydrogen) atoms. The van der Waals surface area contributed by atoms with Crippen LogP contribution < -0.4 is 5.32 Å². The van der Waals surface area contributed by atoms with Gasteiger partial charge in [-0.2, -0.15) is 13.2 Å². The molecular weight excluding hydrogens is 307 g/mol. The molecule has 1 aromatic rings. The molecule has 0 aliphatic rings. The number of anilines is 1. The molecule has 1 nitrogen and oxygen atoms in total. The Labute approximate surface area is 114 Å². The first kappa shape index (κ1) is 15.3. The number of hydrogen-bond donors (Lipinski definition) is 1. The lowest BCUT2D eigenvalue weighted by molar-refractivity contribution is -0.137. The minimum Gasteiger partial charge on any atom is -0.382 e. The summed E-state index contributed by atoms with van der Waals surface area (Å²) < 4.78 is 39.1. The molecule has 1 atom stereocenters. The van der Waals surface area contributed by atoms with Gasteiger partial charge in [0, 0.05) is 16.2 Å². The maximum absolute atomic E-state index is 12.9. The van der Waals surface area contributed by atoms with Crippen LogP contribution in [0.25, 0.3) is 0 Å². The van der Waals surface area contributed by atoms with Gasteiger partial charge in [0.2, 0.25) is 0 Å². The molecule has 0 radical (unpaired) electrons. The predicted octanol–water partition coefficient (Wildman–Crippen LogP) is 5.31. The Hall–Kier alpha value is -0.710. The second kappa shape index (κ2) is 5.95. The number of hydrogen-bond acceptors (Lipinski definition) is 1. The van der Waals surface area contributed by atoms with Crippen LogP contribution in [0.3, 0.4) is 0 Å². The topological polar surface area (TPSA) is 12.0 Å². The highest BCUT2D eigenvalue weighted by Crippen LogP contribution is 2.37. The molecule has 1 aromatic carbocycles. The van der Waals surface area contributed by atoms with Gasteiger partial charge in [-0.05, 0) is 37.5 Å². The number of benzene rings is 1. The molecule has 0 saturated heterocycles. The normalized spacial score (nSPS) is 13.8. The Bertz CT molecular complexity index is 402. The van der Waals surface area contributed by atoms with Crippen molar-refractivity contribution in [2.75, 3.05) is 5.32 Å². The van der Waals surface area contributed by atoms with Gasteiger partial charge in [-0.3, -0.25) is 0 Å². The van der Waals surface area contributed by atoms with E-state index >= 15 is 0 Å². The van der Waals surface area contributed by atoms with Crippen LogP contribution in [0, 0.1) is 5.92 Å². The zero-order valence-electron chi connectivity index (χ0n) is 10.6. The van der Waals surface area contributed by atoms with Gasteiger partial charge in [0.05, 0.1) is 5.56 Å². The predicted molar refractivity (Wildman–Crippen MR) is 71.7 cm³/mol. The average molecular weight is 324 g/mol. The molecule has 0 amide bonds. The molecule has 1 rings (SSSR count). The van der Waals surface area contributed by atoms with Gasteiger partial charge >= 0.3 is 6.18 Å². The van der Waals surface area contributed by atoms with E-state index in [4.69, 9.17) is 0 Å². The van der Waals surface area contributed by atoms with Gasteiger partial charge in [0.15, 0.2) is 0 Å². The third kappa shape index (κ3) is 4.52. The highest BCUT2D eigenvalue weighted by Gasteiger charge is 2.34. The zero-order valence-corrected chi connectivity index (χ0v) is 12.2. The molecule has 0 fully saturated rings. The summed E-state index contributed by atoms with van der Waals surface area (Å²) in [7, 11) is 0. The summed E-state index contributed by atoms with van der Waals surface area (Å²) in [5, 5.41) is 2.93. The molecule has 0 heterocycles. The quantitative estimate of drug-likeness (QED) is 0.791. The minimum atomic E-state index is -4.34. The third-order valence-electron chi connectivity index (χ3n) is 2.51. The van der Waals surface area contributed by atoms with Crippen LogP contribution in [0.4, 0.5) is 18.9 Å². The van der Waals surface area contributed by atoms with Crippen LogP contribution >= 0.6 is 15.9 Å². The first-order valence-electron chi connectivity index (χ1n) is 5.83. The van der Waals surface area contributed by atoms with Crippen molar-refractivity contribution in [2.45, 2.75) is 39.4 Å². The molecule has 0 bridgehead atoms. The summed E-state index contributed by atoms with van der Waals surface area (Å²) in [4.78, 5) is 0. The lowest BCUT2D eigenvalue weighted by Gasteiger charge is -2.21. The summed E-state index contributed by atoms with van der Waals surface area (Å²) in [6.07, 6.45) is -3.52. The van der Waals surface area contributed by atoms with Gasteiger partial charge in [-0.1, -0.05) is 29.8 Å². The summed E-state index contributed by atoms with van der Waals surface area (Å²) in [6, 6.07) is 4.18. The molecule has 0 saturated carbocycles. The van der Waals surface area contributed by atoms with Crippen LogP contribution in [0.5, 0.6) is 0 Å². The van der Waals surface area contributed by atoms with Gasteiger partial charge < -0.3 is 5.32 Å². The molecule has 0 aliphatic carbocycles. The van der Waals surface area contributed by atoms with Crippen LogP contribution in [-0.4, -0.2) is 6.04 Å². The average Bonchev–Trinajstić information content (AvgIpc) is 2.17. The van der Waals surface area contributed by atoms with Gasteiger partial charge in [-0.15, -0.1) is 0 Å². The van der Waals surface area contributed by atoms with Gasteiger partial charge in [0.25, 0.3) is 0 Å². The zero-order chi connectivity index (χ0) is 13.9. The number of halogens is 4. The van der Waals surface area contributed by atoms with E-state index in [1.54, 1.807) is 6.07 Å². The second-order valence-electron chi connectivity index (χ2n) is 4.86. The highest BCUT2D eigenvalue weighted by atomic mass is 79.9. The summed E-state index contributed by atoms with van der Waals surface area (Å²) in [5.41, 5.74) is -0.494. The van der Waals surface area contributed by atoms with Crippen molar-refractivity contribution in [1.82, 2.24) is 0 Å². The van der Waals surface area contributed by atoms with Crippen molar-refractivity contribution < 1.29 is 13.2 Å². The summed E-state index contributed by atoms with van der Waals surface area (Å²) >= 11 is 3.07. The summed E-state index contributed by atoms with van der Waals surface area (Å²) in [6.45, 7) is 5.98. The van der Waals surface area contributed by atoms with Crippen molar-refractivity contribution in [3.8, 4) is 0 Å². The largest absolute Gasteiger partial charge is 0.418 e. The third-order valence-corrected chi connectivity index (χ3v) is 3.01. The van der Waals surface area contributed by atoms with Gasteiger partial charge in [0.1, 0.15) is 0 Å². The Morgan fingerprint density at radius 2 is 1.83 bits per heavy atom. The maximum Gasteiger partial charge on any atom is 0.418 e. The molecule has 0 aliphatic heterocycles. The fraction of sp³-hybridized carbons (Fsp3) is 0.538. The minimum absolute atomic E-state index is 0.00674. The van der Waals surface area contributed by atoms with Crippen LogP contribution in [-0.2, 0) is 6.18 Å². The fourth-order valence-electron chi connectivity index (χ4n) is 1.91.